The molecular weight excluding hydrogens is 268 g/mol. The normalized spacial score (nSPS) is 15.6. The SMILES string of the molecule is COc1ccc2c(c1)CCC/C2=N/NC(=O)c1ccco1. The zero-order chi connectivity index (χ0) is 14.7. The maximum atomic E-state index is 11.8. The molecule has 0 spiro atoms. The largest absolute Gasteiger partial charge is 0.497 e. The van der Waals surface area contributed by atoms with Crippen LogP contribution in [-0.4, -0.2) is 18.7 Å². The Kier molecular flexibility index (Phi) is 3.73. The van der Waals surface area contributed by atoms with Gasteiger partial charge in [-0.3, -0.25) is 4.79 Å². The number of ether oxygens (including phenoxy) is 1. The summed E-state index contributed by atoms with van der Waals surface area (Å²) in [6.07, 6.45) is 4.31. The summed E-state index contributed by atoms with van der Waals surface area (Å²) in [5.74, 6) is 0.757. The Hall–Kier alpha value is -2.56. The van der Waals surface area contributed by atoms with Crippen LogP contribution < -0.4 is 10.2 Å². The van der Waals surface area contributed by atoms with Gasteiger partial charge >= 0.3 is 5.91 Å². The Morgan fingerprint density at radius 2 is 2.24 bits per heavy atom. The van der Waals surface area contributed by atoms with Crippen molar-refractivity contribution >= 4 is 11.6 Å². The number of rotatable bonds is 3. The fourth-order valence-electron chi connectivity index (χ4n) is 2.46. The van der Waals surface area contributed by atoms with Gasteiger partial charge in [-0.1, -0.05) is 0 Å². The van der Waals surface area contributed by atoms with Crippen LogP contribution in [0.25, 0.3) is 0 Å². The van der Waals surface area contributed by atoms with Gasteiger partial charge < -0.3 is 9.15 Å². The minimum absolute atomic E-state index is 0.255. The predicted molar refractivity (Wildman–Crippen MR) is 78.6 cm³/mol. The third kappa shape index (κ3) is 2.81. The van der Waals surface area contributed by atoms with E-state index in [-0.39, 0.29) is 11.7 Å². The number of aryl methyl sites for hydroxylation is 1. The van der Waals surface area contributed by atoms with Gasteiger partial charge in [0.25, 0.3) is 0 Å². The summed E-state index contributed by atoms with van der Waals surface area (Å²) < 4.78 is 10.3. The first kappa shape index (κ1) is 13.4. The van der Waals surface area contributed by atoms with Crippen LogP contribution in [0.5, 0.6) is 5.75 Å². The summed E-state index contributed by atoms with van der Waals surface area (Å²) in [6.45, 7) is 0. The molecule has 0 aliphatic heterocycles. The molecule has 1 amide bonds. The van der Waals surface area contributed by atoms with Gasteiger partial charge in [0.2, 0.25) is 0 Å². The van der Waals surface area contributed by atoms with Crippen molar-refractivity contribution in [2.45, 2.75) is 19.3 Å². The minimum atomic E-state index is -0.340. The number of carbonyl (C=O) groups is 1. The first-order valence-electron chi connectivity index (χ1n) is 6.85. The topological polar surface area (TPSA) is 63.8 Å². The molecule has 0 unspecified atom stereocenters. The van der Waals surface area contributed by atoms with Gasteiger partial charge in [0.05, 0.1) is 19.1 Å². The van der Waals surface area contributed by atoms with Gasteiger partial charge in [-0.15, -0.1) is 0 Å². The number of carbonyl (C=O) groups excluding carboxylic acids is 1. The van der Waals surface area contributed by atoms with E-state index in [1.54, 1.807) is 19.2 Å². The summed E-state index contributed by atoms with van der Waals surface area (Å²) in [5.41, 5.74) is 5.71. The lowest BCUT2D eigenvalue weighted by Crippen LogP contribution is -2.21. The van der Waals surface area contributed by atoms with E-state index in [1.165, 1.54) is 11.8 Å². The number of amides is 1. The van der Waals surface area contributed by atoms with Crippen molar-refractivity contribution in [2.24, 2.45) is 5.10 Å². The average Bonchev–Trinajstić information content (AvgIpc) is 3.06. The maximum Gasteiger partial charge on any atom is 0.307 e. The molecular formula is C16H16N2O3. The Morgan fingerprint density at radius 3 is 3.00 bits per heavy atom. The van der Waals surface area contributed by atoms with Crippen LogP contribution in [0.2, 0.25) is 0 Å². The molecule has 1 aromatic carbocycles. The summed E-state index contributed by atoms with van der Waals surface area (Å²) >= 11 is 0. The maximum absolute atomic E-state index is 11.8. The fourth-order valence-corrected chi connectivity index (χ4v) is 2.46. The van der Waals surface area contributed by atoms with E-state index in [4.69, 9.17) is 9.15 Å². The molecule has 0 bridgehead atoms. The molecule has 1 N–H and O–H groups in total. The molecule has 0 saturated carbocycles. The molecule has 3 rings (SSSR count). The average molecular weight is 284 g/mol. The molecule has 108 valence electrons. The molecule has 5 heteroatoms. The van der Waals surface area contributed by atoms with Crippen molar-refractivity contribution < 1.29 is 13.9 Å². The highest BCUT2D eigenvalue weighted by Gasteiger charge is 2.17. The number of hydrogen-bond donors (Lipinski definition) is 1. The van der Waals surface area contributed by atoms with Crippen LogP contribution in [0.1, 0.15) is 34.5 Å². The number of hydrogen-bond acceptors (Lipinski definition) is 4. The van der Waals surface area contributed by atoms with Crippen LogP contribution in [0, 0.1) is 0 Å². The lowest BCUT2D eigenvalue weighted by molar-refractivity contribution is 0.0927. The van der Waals surface area contributed by atoms with Gasteiger partial charge in [-0.25, -0.2) is 5.43 Å². The third-order valence-corrected chi connectivity index (χ3v) is 3.52. The molecule has 0 radical (unpaired) electrons. The van der Waals surface area contributed by atoms with Gasteiger partial charge in [0, 0.05) is 5.56 Å². The second-order valence-corrected chi connectivity index (χ2v) is 4.85. The molecule has 1 aliphatic carbocycles. The standard InChI is InChI=1S/C16H16N2O3/c1-20-12-7-8-13-11(10-12)4-2-5-14(13)17-18-16(19)15-6-3-9-21-15/h3,6-10H,2,4-5H2,1H3,(H,18,19)/b17-14-. The quantitative estimate of drug-likeness (QED) is 0.881. The van der Waals surface area contributed by atoms with Gasteiger partial charge in [-0.2, -0.15) is 5.10 Å². The van der Waals surface area contributed by atoms with Gasteiger partial charge in [0.1, 0.15) is 5.75 Å². The van der Waals surface area contributed by atoms with Crippen LogP contribution in [0.15, 0.2) is 46.1 Å². The van der Waals surface area contributed by atoms with E-state index in [0.717, 1.165) is 36.3 Å². The molecule has 0 atom stereocenters. The molecule has 1 heterocycles. The number of fused-ring (bicyclic) bond motifs is 1. The number of hydrazone groups is 1. The van der Waals surface area contributed by atoms with E-state index in [9.17, 15) is 4.79 Å². The second-order valence-electron chi connectivity index (χ2n) is 4.85. The lowest BCUT2D eigenvalue weighted by Gasteiger charge is -2.18. The lowest BCUT2D eigenvalue weighted by atomic mass is 9.90. The molecule has 0 fully saturated rings. The van der Waals surface area contributed by atoms with Crippen molar-refractivity contribution in [3.63, 3.8) is 0 Å². The third-order valence-electron chi connectivity index (χ3n) is 3.52. The van der Waals surface area contributed by atoms with Crippen molar-refractivity contribution in [3.8, 4) is 5.75 Å². The Labute approximate surface area is 122 Å². The van der Waals surface area contributed by atoms with Crippen molar-refractivity contribution in [1.82, 2.24) is 5.43 Å². The predicted octanol–water partition coefficient (Wildman–Crippen LogP) is 2.76. The van der Waals surface area contributed by atoms with E-state index in [0.29, 0.717) is 0 Å². The molecule has 2 aromatic rings. The first-order chi connectivity index (χ1) is 10.3. The summed E-state index contributed by atoms with van der Waals surface area (Å²) in [4.78, 5) is 11.8. The molecule has 1 aliphatic rings. The van der Waals surface area contributed by atoms with Crippen LogP contribution >= 0.6 is 0 Å². The zero-order valence-electron chi connectivity index (χ0n) is 11.8. The highest BCUT2D eigenvalue weighted by atomic mass is 16.5. The number of benzene rings is 1. The molecule has 0 saturated heterocycles. The number of furan rings is 1. The zero-order valence-corrected chi connectivity index (χ0v) is 11.8. The smallest absolute Gasteiger partial charge is 0.307 e. The van der Waals surface area contributed by atoms with Gasteiger partial charge in [-0.05, 0) is 55.2 Å². The fraction of sp³-hybridized carbons (Fsp3) is 0.250. The Bertz CT molecular complexity index is 675. The second kappa shape index (κ2) is 5.83. The minimum Gasteiger partial charge on any atom is -0.497 e. The van der Waals surface area contributed by atoms with E-state index in [2.05, 4.69) is 10.5 Å². The van der Waals surface area contributed by atoms with Crippen molar-refractivity contribution in [1.29, 1.82) is 0 Å². The van der Waals surface area contributed by atoms with Crippen LogP contribution in [-0.2, 0) is 6.42 Å². The van der Waals surface area contributed by atoms with E-state index >= 15 is 0 Å². The Morgan fingerprint density at radius 1 is 1.33 bits per heavy atom. The monoisotopic (exact) mass is 284 g/mol. The van der Waals surface area contributed by atoms with Crippen molar-refractivity contribution in [2.75, 3.05) is 7.11 Å². The van der Waals surface area contributed by atoms with E-state index in [1.807, 2.05) is 18.2 Å². The molecule has 21 heavy (non-hydrogen) atoms. The highest BCUT2D eigenvalue weighted by molar-refractivity contribution is 6.03. The van der Waals surface area contributed by atoms with Crippen molar-refractivity contribution in [3.05, 3.63) is 53.5 Å². The number of nitrogens with one attached hydrogen (secondary N) is 1. The van der Waals surface area contributed by atoms with Gasteiger partial charge in [0.15, 0.2) is 5.76 Å². The molecule has 5 nitrogen and oxygen atoms in total. The highest BCUT2D eigenvalue weighted by Crippen LogP contribution is 2.25. The number of methoxy groups -OCH3 is 1. The molecule has 1 aromatic heterocycles. The summed E-state index contributed by atoms with van der Waals surface area (Å²) in [7, 11) is 1.66. The van der Waals surface area contributed by atoms with Crippen LogP contribution in [0.4, 0.5) is 0 Å². The first-order valence-corrected chi connectivity index (χ1v) is 6.85. The van der Waals surface area contributed by atoms with Crippen LogP contribution in [0.3, 0.4) is 0 Å². The summed E-state index contributed by atoms with van der Waals surface area (Å²) in [6, 6.07) is 9.21. The number of nitrogens with zero attached hydrogens (tertiary/aromatic N) is 1. The van der Waals surface area contributed by atoms with E-state index < -0.39 is 0 Å². The Balaban J connectivity index is 1.81. The summed E-state index contributed by atoms with van der Waals surface area (Å²) in [5, 5.41) is 4.25.